The van der Waals surface area contributed by atoms with E-state index in [4.69, 9.17) is 9.47 Å². The molecule has 0 fully saturated rings. The first kappa shape index (κ1) is 26.8. The highest BCUT2D eigenvalue weighted by atomic mass is 127. The molecule has 0 atom stereocenters. The van der Waals surface area contributed by atoms with E-state index in [-0.39, 0.29) is 29.0 Å². The molecule has 0 radical (unpaired) electrons. The first-order valence-corrected chi connectivity index (χ1v) is 11.8. The van der Waals surface area contributed by atoms with Crippen LogP contribution in [0.5, 0.6) is 0 Å². The van der Waals surface area contributed by atoms with E-state index in [1.165, 1.54) is 0 Å². The van der Waals surface area contributed by atoms with Crippen molar-refractivity contribution in [1.29, 1.82) is 0 Å². The van der Waals surface area contributed by atoms with E-state index in [1.807, 2.05) is 67.8 Å². The Bertz CT molecular complexity index is 743. The Labute approximate surface area is 209 Å². The number of aliphatic hydroxyl groups is 2. The summed E-state index contributed by atoms with van der Waals surface area (Å²) in [6.07, 6.45) is -0.767. The summed E-state index contributed by atoms with van der Waals surface area (Å²) in [4.78, 5) is 37.8. The standard InChI is InChI=1S/C18H22I3NO7/c1-7(2)28-17(26)10-12(19)11(18(27)29-8(3)4)14(21)15(13(10)20)22-16(25)9(5-23)6-24/h7-9,23-24H,5-6H2,1-4H3,(H,22,25). The normalized spacial score (nSPS) is 11.2. The van der Waals surface area contributed by atoms with Gasteiger partial charge in [0, 0.05) is 3.57 Å². The average Bonchev–Trinajstić information content (AvgIpc) is 2.58. The lowest BCUT2D eigenvalue weighted by atomic mass is 10.1. The second kappa shape index (κ2) is 12.0. The number of carbonyl (C=O) groups excluding carboxylic acids is 3. The molecule has 162 valence electrons. The molecule has 3 N–H and O–H groups in total. The molecule has 0 unspecified atom stereocenters. The maximum atomic E-state index is 12.7. The summed E-state index contributed by atoms with van der Waals surface area (Å²) < 4.78 is 11.7. The number of nitrogens with one attached hydrogen (secondary N) is 1. The molecule has 0 aliphatic heterocycles. The first-order valence-electron chi connectivity index (χ1n) is 8.61. The molecule has 1 rings (SSSR count). The molecular formula is C18H22I3NO7. The number of halogens is 3. The number of ether oxygens (including phenoxy) is 2. The monoisotopic (exact) mass is 745 g/mol. The largest absolute Gasteiger partial charge is 0.459 e. The zero-order chi connectivity index (χ0) is 22.5. The first-order chi connectivity index (χ1) is 13.5. The molecule has 1 amide bonds. The number of hydrogen-bond acceptors (Lipinski definition) is 7. The second-order valence-corrected chi connectivity index (χ2v) is 9.76. The molecule has 1 aromatic rings. The number of rotatable bonds is 8. The number of esters is 2. The zero-order valence-corrected chi connectivity index (χ0v) is 22.7. The van der Waals surface area contributed by atoms with Gasteiger partial charge in [0.2, 0.25) is 5.91 Å². The van der Waals surface area contributed by atoms with Gasteiger partial charge < -0.3 is 25.0 Å². The van der Waals surface area contributed by atoms with Gasteiger partial charge in [0.25, 0.3) is 0 Å². The molecule has 0 aliphatic rings. The van der Waals surface area contributed by atoms with Crippen LogP contribution in [0.25, 0.3) is 0 Å². The van der Waals surface area contributed by atoms with E-state index < -0.39 is 37.0 Å². The van der Waals surface area contributed by atoms with Gasteiger partial charge in [-0.1, -0.05) is 0 Å². The van der Waals surface area contributed by atoms with E-state index in [0.717, 1.165) is 0 Å². The van der Waals surface area contributed by atoms with E-state index in [9.17, 15) is 24.6 Å². The van der Waals surface area contributed by atoms with Crippen LogP contribution < -0.4 is 5.32 Å². The van der Waals surface area contributed by atoms with Crippen LogP contribution in [0.1, 0.15) is 48.4 Å². The van der Waals surface area contributed by atoms with Crippen LogP contribution in [0.2, 0.25) is 0 Å². The molecule has 8 nitrogen and oxygen atoms in total. The van der Waals surface area contributed by atoms with Crippen molar-refractivity contribution in [2.45, 2.75) is 39.9 Å². The van der Waals surface area contributed by atoms with Crippen molar-refractivity contribution < 1.29 is 34.1 Å². The van der Waals surface area contributed by atoms with Gasteiger partial charge in [-0.2, -0.15) is 0 Å². The van der Waals surface area contributed by atoms with Gasteiger partial charge in [-0.05, 0) is 95.5 Å². The van der Waals surface area contributed by atoms with Gasteiger partial charge in [-0.3, -0.25) is 4.79 Å². The highest BCUT2D eigenvalue weighted by Crippen LogP contribution is 2.37. The van der Waals surface area contributed by atoms with Crippen LogP contribution in [-0.4, -0.2) is 53.5 Å². The fourth-order valence-corrected chi connectivity index (χ4v) is 6.44. The molecular weight excluding hydrogens is 723 g/mol. The van der Waals surface area contributed by atoms with Crippen molar-refractivity contribution in [1.82, 2.24) is 0 Å². The lowest BCUT2D eigenvalue weighted by Crippen LogP contribution is -2.30. The molecule has 11 heteroatoms. The summed E-state index contributed by atoms with van der Waals surface area (Å²) in [6, 6.07) is 0. The summed E-state index contributed by atoms with van der Waals surface area (Å²) in [6.45, 7) is 5.71. The van der Waals surface area contributed by atoms with Crippen LogP contribution in [-0.2, 0) is 14.3 Å². The van der Waals surface area contributed by atoms with Crippen molar-refractivity contribution in [3.63, 3.8) is 0 Å². The minimum atomic E-state index is -1.04. The summed E-state index contributed by atoms with van der Waals surface area (Å²) in [5.74, 6) is -2.96. The Morgan fingerprint density at radius 3 is 1.52 bits per heavy atom. The van der Waals surface area contributed by atoms with Crippen LogP contribution in [0.4, 0.5) is 5.69 Å². The van der Waals surface area contributed by atoms with Crippen LogP contribution in [0.3, 0.4) is 0 Å². The third-order valence-corrected chi connectivity index (χ3v) is 6.71. The second-order valence-electron chi connectivity index (χ2n) is 6.53. The smallest absolute Gasteiger partial charge is 0.340 e. The molecule has 0 aliphatic carbocycles. The number of amides is 1. The Kier molecular flexibility index (Phi) is 11.0. The minimum absolute atomic E-state index is 0.135. The van der Waals surface area contributed by atoms with Gasteiger partial charge in [-0.25, -0.2) is 9.59 Å². The van der Waals surface area contributed by atoms with Crippen molar-refractivity contribution in [2.24, 2.45) is 5.92 Å². The maximum absolute atomic E-state index is 12.7. The summed E-state index contributed by atoms with van der Waals surface area (Å²) in [7, 11) is 0. The Balaban J connectivity index is 3.67. The van der Waals surface area contributed by atoms with Crippen molar-refractivity contribution in [3.8, 4) is 0 Å². The predicted octanol–water partition coefficient (Wildman–Crippen LogP) is 3.17. The molecule has 0 spiro atoms. The van der Waals surface area contributed by atoms with E-state index >= 15 is 0 Å². The molecule has 29 heavy (non-hydrogen) atoms. The maximum Gasteiger partial charge on any atom is 0.340 e. The van der Waals surface area contributed by atoms with E-state index in [1.54, 1.807) is 27.7 Å². The lowest BCUT2D eigenvalue weighted by Gasteiger charge is -2.21. The highest BCUT2D eigenvalue weighted by molar-refractivity contribution is 14.1. The number of anilines is 1. The van der Waals surface area contributed by atoms with Crippen LogP contribution >= 0.6 is 67.8 Å². The van der Waals surface area contributed by atoms with Crippen LogP contribution in [0.15, 0.2) is 0 Å². The number of benzene rings is 1. The Hall–Kier alpha value is -0.260. The summed E-state index contributed by atoms with van der Waals surface area (Å²) in [5.41, 5.74) is 0.488. The Morgan fingerprint density at radius 2 is 1.21 bits per heavy atom. The quantitative estimate of drug-likeness (QED) is 0.276. The molecule has 0 aromatic heterocycles. The average molecular weight is 745 g/mol. The van der Waals surface area contributed by atoms with Gasteiger partial charge in [-0.15, -0.1) is 0 Å². The van der Waals surface area contributed by atoms with Gasteiger partial charge in [0.15, 0.2) is 0 Å². The number of aliphatic hydroxyl groups excluding tert-OH is 2. The molecule has 0 saturated heterocycles. The summed E-state index contributed by atoms with van der Waals surface area (Å²) in [5, 5.41) is 21.1. The van der Waals surface area contributed by atoms with Gasteiger partial charge >= 0.3 is 11.9 Å². The third kappa shape index (κ3) is 6.87. The zero-order valence-electron chi connectivity index (χ0n) is 16.2. The highest BCUT2D eigenvalue weighted by Gasteiger charge is 2.31. The molecule has 1 aromatic carbocycles. The number of hydrogen-bond donors (Lipinski definition) is 3. The van der Waals surface area contributed by atoms with Crippen LogP contribution in [0, 0.1) is 16.6 Å². The van der Waals surface area contributed by atoms with E-state index in [0.29, 0.717) is 10.7 Å². The van der Waals surface area contributed by atoms with Crippen molar-refractivity contribution in [2.75, 3.05) is 18.5 Å². The SMILES string of the molecule is CC(C)OC(=O)c1c(I)c(NC(=O)C(CO)CO)c(I)c(C(=O)OC(C)C)c1I. The van der Waals surface area contributed by atoms with Gasteiger partial charge in [0.05, 0.1) is 55.3 Å². The topological polar surface area (TPSA) is 122 Å². The Morgan fingerprint density at radius 1 is 0.828 bits per heavy atom. The van der Waals surface area contributed by atoms with Crippen molar-refractivity contribution in [3.05, 3.63) is 21.8 Å². The third-order valence-electron chi connectivity index (χ3n) is 3.47. The minimum Gasteiger partial charge on any atom is -0.459 e. The number of carbonyl (C=O) groups is 3. The molecule has 0 bridgehead atoms. The fraction of sp³-hybridized carbons (Fsp3) is 0.500. The van der Waals surface area contributed by atoms with E-state index in [2.05, 4.69) is 5.32 Å². The molecule has 0 saturated carbocycles. The lowest BCUT2D eigenvalue weighted by molar-refractivity contribution is -0.122. The molecule has 0 heterocycles. The summed E-state index contributed by atoms with van der Waals surface area (Å²) >= 11 is 5.69. The van der Waals surface area contributed by atoms with Crippen molar-refractivity contribution >= 4 is 91.3 Å². The van der Waals surface area contributed by atoms with Gasteiger partial charge in [0.1, 0.15) is 0 Å². The predicted molar refractivity (Wildman–Crippen MR) is 132 cm³/mol. The fourth-order valence-electron chi connectivity index (χ4n) is 2.13.